The minimum absolute atomic E-state index is 0.221. The maximum atomic E-state index is 13.2. The fourth-order valence-corrected chi connectivity index (χ4v) is 2.02. The van der Waals surface area contributed by atoms with Crippen LogP contribution < -0.4 is 5.32 Å². The summed E-state index contributed by atoms with van der Waals surface area (Å²) in [7, 11) is 3.98. The first-order valence-electron chi connectivity index (χ1n) is 6.12. The van der Waals surface area contributed by atoms with Crippen LogP contribution in [0.25, 0.3) is 11.0 Å². The quantitative estimate of drug-likeness (QED) is 0.884. The summed E-state index contributed by atoms with van der Waals surface area (Å²) in [5.41, 5.74) is 1.78. The van der Waals surface area contributed by atoms with E-state index < -0.39 is 0 Å². The van der Waals surface area contributed by atoms with E-state index in [2.05, 4.69) is 10.2 Å². The molecule has 0 aliphatic carbocycles. The molecule has 98 valence electrons. The number of halogens is 1. The maximum Gasteiger partial charge on any atom is 0.134 e. The minimum Gasteiger partial charge on any atom is -0.459 e. The molecule has 0 spiro atoms. The highest BCUT2D eigenvalue weighted by Gasteiger charge is 2.12. The second-order valence-electron chi connectivity index (χ2n) is 4.63. The first kappa shape index (κ1) is 13.1. The molecule has 0 unspecified atom stereocenters. The lowest BCUT2D eigenvalue weighted by atomic mass is 10.1. The van der Waals surface area contributed by atoms with Crippen molar-refractivity contribution in [3.8, 4) is 0 Å². The van der Waals surface area contributed by atoms with Gasteiger partial charge in [0.25, 0.3) is 0 Å². The lowest BCUT2D eigenvalue weighted by Gasteiger charge is -2.14. The third kappa shape index (κ3) is 2.71. The van der Waals surface area contributed by atoms with Gasteiger partial charge in [-0.3, -0.25) is 4.90 Å². The predicted molar refractivity (Wildman–Crippen MR) is 71.2 cm³/mol. The molecule has 0 saturated carbocycles. The number of rotatable bonds is 5. The molecule has 4 heteroatoms. The maximum absolute atomic E-state index is 13.2. The Kier molecular flexibility index (Phi) is 3.99. The zero-order valence-corrected chi connectivity index (χ0v) is 11.1. The van der Waals surface area contributed by atoms with Gasteiger partial charge in [-0.1, -0.05) is 0 Å². The van der Waals surface area contributed by atoms with Crippen molar-refractivity contribution in [3.05, 3.63) is 35.3 Å². The molecule has 1 heterocycles. The molecule has 0 radical (unpaired) electrons. The van der Waals surface area contributed by atoms with E-state index in [0.717, 1.165) is 41.9 Å². The number of nitrogens with zero attached hydrogens (tertiary/aromatic N) is 1. The Balaban J connectivity index is 2.21. The molecule has 1 aromatic heterocycles. The molecule has 1 N–H and O–H groups in total. The van der Waals surface area contributed by atoms with Crippen LogP contribution in [0.4, 0.5) is 4.39 Å². The van der Waals surface area contributed by atoms with Crippen LogP contribution in [0.15, 0.2) is 22.6 Å². The predicted octanol–water partition coefficient (Wildman–Crippen LogP) is 2.53. The molecule has 0 bridgehead atoms. The molecule has 0 saturated heterocycles. The van der Waals surface area contributed by atoms with Gasteiger partial charge in [-0.2, -0.15) is 0 Å². The summed E-state index contributed by atoms with van der Waals surface area (Å²) < 4.78 is 19.0. The molecule has 2 rings (SSSR count). The summed E-state index contributed by atoms with van der Waals surface area (Å²) in [6, 6.07) is 4.65. The molecule has 2 aromatic rings. The van der Waals surface area contributed by atoms with Crippen molar-refractivity contribution in [1.29, 1.82) is 0 Å². The zero-order chi connectivity index (χ0) is 13.1. The highest BCUT2D eigenvalue weighted by molar-refractivity contribution is 5.82. The van der Waals surface area contributed by atoms with E-state index in [1.165, 1.54) is 12.1 Å². The number of furan rings is 1. The fourth-order valence-electron chi connectivity index (χ4n) is 2.02. The van der Waals surface area contributed by atoms with Crippen LogP contribution in [0, 0.1) is 12.7 Å². The summed E-state index contributed by atoms with van der Waals surface area (Å²) in [4.78, 5) is 2.18. The zero-order valence-electron chi connectivity index (χ0n) is 11.1. The summed E-state index contributed by atoms with van der Waals surface area (Å²) in [6.45, 7) is 4.60. The van der Waals surface area contributed by atoms with E-state index in [1.54, 1.807) is 6.07 Å². The third-order valence-electron chi connectivity index (χ3n) is 3.15. The number of benzene rings is 1. The van der Waals surface area contributed by atoms with Gasteiger partial charge in [0.1, 0.15) is 17.2 Å². The number of fused-ring (bicyclic) bond motifs is 1. The van der Waals surface area contributed by atoms with Crippen molar-refractivity contribution in [1.82, 2.24) is 10.2 Å². The van der Waals surface area contributed by atoms with Gasteiger partial charge in [0.15, 0.2) is 0 Å². The van der Waals surface area contributed by atoms with Gasteiger partial charge in [-0.15, -0.1) is 0 Å². The first-order chi connectivity index (χ1) is 8.61. The highest BCUT2D eigenvalue weighted by atomic mass is 19.1. The van der Waals surface area contributed by atoms with Crippen molar-refractivity contribution in [2.45, 2.75) is 13.5 Å². The van der Waals surface area contributed by atoms with Gasteiger partial charge in [0.05, 0.1) is 6.54 Å². The normalized spacial score (nSPS) is 11.6. The average Bonchev–Trinajstić information content (AvgIpc) is 2.64. The van der Waals surface area contributed by atoms with Crippen LogP contribution in [-0.4, -0.2) is 32.1 Å². The molecule has 1 aromatic carbocycles. The van der Waals surface area contributed by atoms with Gasteiger partial charge >= 0.3 is 0 Å². The number of likely N-dealkylation sites (N-methyl/N-ethyl adjacent to an activating group) is 2. The highest BCUT2D eigenvalue weighted by Crippen LogP contribution is 2.26. The number of nitrogens with one attached hydrogen (secondary N) is 1. The van der Waals surface area contributed by atoms with Crippen molar-refractivity contribution in [2.24, 2.45) is 0 Å². The van der Waals surface area contributed by atoms with Crippen molar-refractivity contribution < 1.29 is 8.81 Å². The van der Waals surface area contributed by atoms with Gasteiger partial charge < -0.3 is 9.73 Å². The van der Waals surface area contributed by atoms with Gasteiger partial charge in [-0.25, -0.2) is 4.39 Å². The van der Waals surface area contributed by atoms with Gasteiger partial charge in [0.2, 0.25) is 0 Å². The van der Waals surface area contributed by atoms with Crippen molar-refractivity contribution >= 4 is 11.0 Å². The molecule has 0 aliphatic heterocycles. The number of aryl methyl sites for hydroxylation is 1. The Morgan fingerprint density at radius 3 is 2.89 bits per heavy atom. The summed E-state index contributed by atoms with van der Waals surface area (Å²) in [5, 5.41) is 3.98. The van der Waals surface area contributed by atoms with E-state index in [9.17, 15) is 4.39 Å². The Morgan fingerprint density at radius 1 is 1.39 bits per heavy atom. The second-order valence-corrected chi connectivity index (χ2v) is 4.63. The lowest BCUT2D eigenvalue weighted by molar-refractivity contribution is 0.299. The molecular formula is C14H19FN2O. The lowest BCUT2D eigenvalue weighted by Crippen LogP contribution is -2.26. The summed E-state index contributed by atoms with van der Waals surface area (Å²) >= 11 is 0. The van der Waals surface area contributed by atoms with Crippen molar-refractivity contribution in [2.75, 3.05) is 27.2 Å². The first-order valence-corrected chi connectivity index (χ1v) is 6.12. The third-order valence-corrected chi connectivity index (χ3v) is 3.15. The fraction of sp³-hybridized carbons (Fsp3) is 0.429. The molecule has 3 nitrogen and oxygen atoms in total. The minimum atomic E-state index is -0.221. The molecule has 0 aliphatic rings. The van der Waals surface area contributed by atoms with E-state index in [4.69, 9.17) is 4.42 Å². The summed E-state index contributed by atoms with van der Waals surface area (Å²) in [6.07, 6.45) is 0. The summed E-state index contributed by atoms with van der Waals surface area (Å²) in [5.74, 6) is 0.690. The van der Waals surface area contributed by atoms with Crippen LogP contribution >= 0.6 is 0 Å². The van der Waals surface area contributed by atoms with Gasteiger partial charge in [0, 0.05) is 18.5 Å². The van der Waals surface area contributed by atoms with Crippen LogP contribution in [0.3, 0.4) is 0 Å². The van der Waals surface area contributed by atoms with Crippen LogP contribution in [0.5, 0.6) is 0 Å². The molecular weight excluding hydrogens is 231 g/mol. The Labute approximate surface area is 107 Å². The topological polar surface area (TPSA) is 28.4 Å². The van der Waals surface area contributed by atoms with E-state index in [0.29, 0.717) is 0 Å². The number of hydrogen-bond donors (Lipinski definition) is 1. The smallest absolute Gasteiger partial charge is 0.134 e. The van der Waals surface area contributed by atoms with Crippen LogP contribution in [0.2, 0.25) is 0 Å². The Bertz CT molecular complexity index is 536. The average molecular weight is 250 g/mol. The molecule has 18 heavy (non-hydrogen) atoms. The standard InChI is InChI=1S/C14H19FN2O/c1-10-12-8-11(15)4-5-13(12)18-14(10)9-17(3)7-6-16-2/h4-5,8,16H,6-7,9H2,1-3H3. The molecule has 0 amide bonds. The van der Waals surface area contributed by atoms with Gasteiger partial charge in [-0.05, 0) is 44.8 Å². The van der Waals surface area contributed by atoms with Crippen LogP contribution in [0.1, 0.15) is 11.3 Å². The Morgan fingerprint density at radius 2 is 2.17 bits per heavy atom. The van der Waals surface area contributed by atoms with E-state index >= 15 is 0 Å². The molecule has 0 atom stereocenters. The SMILES string of the molecule is CNCCN(C)Cc1oc2ccc(F)cc2c1C. The second kappa shape index (κ2) is 5.50. The number of hydrogen-bond acceptors (Lipinski definition) is 3. The molecule has 0 fully saturated rings. The van der Waals surface area contributed by atoms with E-state index in [1.807, 2.05) is 21.0 Å². The van der Waals surface area contributed by atoms with E-state index in [-0.39, 0.29) is 5.82 Å². The largest absolute Gasteiger partial charge is 0.459 e. The Hall–Kier alpha value is -1.39. The van der Waals surface area contributed by atoms with Crippen LogP contribution in [-0.2, 0) is 6.54 Å². The monoisotopic (exact) mass is 250 g/mol. The van der Waals surface area contributed by atoms with Crippen molar-refractivity contribution in [3.63, 3.8) is 0 Å².